The fourth-order valence-electron chi connectivity index (χ4n) is 2.58. The zero-order chi connectivity index (χ0) is 20.1. The van der Waals surface area contributed by atoms with Gasteiger partial charge in [0.05, 0.1) is 10.6 Å². The van der Waals surface area contributed by atoms with E-state index in [9.17, 15) is 25.1 Å². The number of nitro groups is 1. The monoisotopic (exact) mass is 391 g/mol. The summed E-state index contributed by atoms with van der Waals surface area (Å²) in [5.41, 5.74) is 0.748. The van der Waals surface area contributed by atoms with E-state index in [1.807, 2.05) is 0 Å². The third kappa shape index (κ3) is 4.11. The molecular weight excluding hydrogens is 374 g/mol. The molecule has 3 aromatic rings. The molecule has 0 atom stereocenters. The van der Waals surface area contributed by atoms with Crippen LogP contribution in [0, 0.1) is 10.1 Å². The number of benzene rings is 1. The second-order valence-electron chi connectivity index (χ2n) is 5.90. The predicted molar refractivity (Wildman–Crippen MR) is 94.8 cm³/mol. The van der Waals surface area contributed by atoms with Crippen LogP contribution in [0.4, 0.5) is 11.4 Å². The molecule has 28 heavy (non-hydrogen) atoms. The van der Waals surface area contributed by atoms with Crippen molar-refractivity contribution >= 4 is 28.4 Å². The maximum atomic E-state index is 11.7. The van der Waals surface area contributed by atoms with Gasteiger partial charge in [0.2, 0.25) is 17.3 Å². The minimum Gasteiger partial charge on any atom is -0.492 e. The van der Waals surface area contributed by atoms with Gasteiger partial charge < -0.3 is 20.4 Å². The maximum absolute atomic E-state index is 11.7. The summed E-state index contributed by atoms with van der Waals surface area (Å²) in [6, 6.07) is 5.27. The number of carbonyl (C=O) groups is 1. The first-order chi connectivity index (χ1) is 13.5. The van der Waals surface area contributed by atoms with Gasteiger partial charge in [-0.15, -0.1) is 4.73 Å². The van der Waals surface area contributed by atoms with Crippen molar-refractivity contribution in [2.45, 2.75) is 25.7 Å². The first kappa shape index (κ1) is 18.9. The van der Waals surface area contributed by atoms with Gasteiger partial charge in [-0.3, -0.25) is 10.1 Å². The van der Waals surface area contributed by atoms with Crippen molar-refractivity contribution in [3.8, 4) is 11.8 Å². The Morgan fingerprint density at radius 3 is 2.57 bits per heavy atom. The van der Waals surface area contributed by atoms with Crippen molar-refractivity contribution in [1.29, 1.82) is 0 Å². The number of nitro benzene ring substituents is 1. The normalized spacial score (nSPS) is 10.9. The molecular formula is C16H17N5O7. The first-order valence-electron chi connectivity index (χ1n) is 8.41. The molecule has 0 bridgehead atoms. The second-order valence-corrected chi connectivity index (χ2v) is 5.90. The number of hydrogen-bond acceptors (Lipinski definition) is 10. The highest BCUT2D eigenvalue weighted by molar-refractivity contribution is 5.93. The van der Waals surface area contributed by atoms with E-state index in [1.165, 1.54) is 24.3 Å². The summed E-state index contributed by atoms with van der Waals surface area (Å²) in [5, 5.41) is 40.1. The fraction of sp³-hybridized carbons (Fsp3) is 0.312. The number of rotatable bonds is 9. The standard InChI is InChI=1S/C16H17N5O7/c22-12-7-8-13(23)20(12)27-14(24)4-2-1-3-9-17-10-5-6-11(21(25)26)16-15(10)18-28-19-16/h5-8,17,22-23H,1-4,9H2. The third-order valence-corrected chi connectivity index (χ3v) is 3.95. The van der Waals surface area contributed by atoms with Gasteiger partial charge in [0, 0.05) is 31.2 Å². The number of non-ortho nitro benzene ring substituents is 1. The van der Waals surface area contributed by atoms with Gasteiger partial charge in [0.25, 0.3) is 0 Å². The number of fused-ring (bicyclic) bond motifs is 1. The Morgan fingerprint density at radius 1 is 1.14 bits per heavy atom. The molecule has 0 radical (unpaired) electrons. The largest absolute Gasteiger partial charge is 0.492 e. The van der Waals surface area contributed by atoms with Crippen LogP contribution in [0.5, 0.6) is 11.8 Å². The Balaban J connectivity index is 1.41. The minimum absolute atomic E-state index is 0.0780. The molecule has 0 saturated carbocycles. The van der Waals surface area contributed by atoms with Gasteiger partial charge in [-0.2, -0.15) is 0 Å². The van der Waals surface area contributed by atoms with Gasteiger partial charge in [0.1, 0.15) is 0 Å². The number of aromatic nitrogens is 3. The van der Waals surface area contributed by atoms with Crippen LogP contribution in [0.1, 0.15) is 25.7 Å². The maximum Gasteiger partial charge on any atom is 0.333 e. The molecule has 0 amide bonds. The summed E-state index contributed by atoms with van der Waals surface area (Å²) in [7, 11) is 0. The van der Waals surface area contributed by atoms with Crippen molar-refractivity contribution in [3.05, 3.63) is 34.4 Å². The Labute approximate surface area is 157 Å². The number of nitrogens with one attached hydrogen (secondary N) is 1. The van der Waals surface area contributed by atoms with E-state index in [4.69, 9.17) is 4.84 Å². The van der Waals surface area contributed by atoms with Crippen LogP contribution in [0.15, 0.2) is 28.9 Å². The van der Waals surface area contributed by atoms with Crippen molar-refractivity contribution in [2.24, 2.45) is 0 Å². The molecule has 0 aliphatic heterocycles. The lowest BCUT2D eigenvalue weighted by atomic mass is 10.2. The topological polar surface area (TPSA) is 166 Å². The molecule has 12 nitrogen and oxygen atoms in total. The fourth-order valence-corrected chi connectivity index (χ4v) is 2.58. The summed E-state index contributed by atoms with van der Waals surface area (Å²) in [6.07, 6.45) is 2.09. The molecule has 0 aliphatic carbocycles. The Bertz CT molecular complexity index is 977. The van der Waals surface area contributed by atoms with E-state index in [0.717, 1.165) is 6.42 Å². The number of carbonyl (C=O) groups excluding carboxylic acids is 1. The molecule has 0 aliphatic rings. The van der Waals surface area contributed by atoms with Crippen molar-refractivity contribution in [1.82, 2.24) is 15.0 Å². The van der Waals surface area contributed by atoms with E-state index in [-0.39, 0.29) is 34.9 Å². The molecule has 0 spiro atoms. The predicted octanol–water partition coefficient (Wildman–Crippen LogP) is 1.97. The smallest absolute Gasteiger partial charge is 0.333 e. The number of anilines is 1. The number of unbranched alkanes of at least 4 members (excludes halogenated alkanes) is 2. The molecule has 148 valence electrons. The summed E-state index contributed by atoms with van der Waals surface area (Å²) < 4.78 is 5.24. The van der Waals surface area contributed by atoms with Gasteiger partial charge in [-0.25, -0.2) is 9.42 Å². The van der Waals surface area contributed by atoms with Crippen molar-refractivity contribution < 1.29 is 29.4 Å². The first-order valence-corrected chi connectivity index (χ1v) is 8.41. The van der Waals surface area contributed by atoms with Crippen LogP contribution >= 0.6 is 0 Å². The van der Waals surface area contributed by atoms with Crippen molar-refractivity contribution in [3.63, 3.8) is 0 Å². The quantitative estimate of drug-likeness (QED) is 0.279. The minimum atomic E-state index is -0.583. The van der Waals surface area contributed by atoms with E-state index in [0.29, 0.717) is 29.8 Å². The molecule has 0 fully saturated rings. The Morgan fingerprint density at radius 2 is 1.86 bits per heavy atom. The van der Waals surface area contributed by atoms with E-state index < -0.39 is 10.9 Å². The molecule has 1 aromatic carbocycles. The second kappa shape index (κ2) is 8.24. The van der Waals surface area contributed by atoms with Crippen molar-refractivity contribution in [2.75, 3.05) is 11.9 Å². The number of hydrogen-bond donors (Lipinski definition) is 3. The van der Waals surface area contributed by atoms with Gasteiger partial charge in [-0.05, 0) is 29.2 Å². The number of aromatic hydroxyl groups is 2. The summed E-state index contributed by atoms with van der Waals surface area (Å²) in [6.45, 7) is 0.550. The molecule has 3 N–H and O–H groups in total. The highest BCUT2D eigenvalue weighted by Crippen LogP contribution is 2.28. The lowest BCUT2D eigenvalue weighted by molar-refractivity contribution is -0.383. The van der Waals surface area contributed by atoms with Crippen LogP contribution in [0.2, 0.25) is 0 Å². The van der Waals surface area contributed by atoms with Crippen LogP contribution < -0.4 is 10.2 Å². The molecule has 2 aromatic heterocycles. The zero-order valence-corrected chi connectivity index (χ0v) is 14.6. The molecule has 2 heterocycles. The molecule has 12 heteroatoms. The SMILES string of the molecule is O=C(CCCCCNc1ccc([N+](=O)[O-])c2nonc12)On1c(O)ccc1O. The number of nitrogens with zero attached hydrogens (tertiary/aromatic N) is 4. The van der Waals surface area contributed by atoms with Crippen LogP contribution in [0.3, 0.4) is 0 Å². The summed E-state index contributed by atoms with van der Waals surface area (Å²) >= 11 is 0. The Hall–Kier alpha value is -3.83. The van der Waals surface area contributed by atoms with Gasteiger partial charge in [0.15, 0.2) is 5.52 Å². The summed E-state index contributed by atoms with van der Waals surface area (Å²) in [5.74, 6) is -1.32. The third-order valence-electron chi connectivity index (χ3n) is 3.95. The van der Waals surface area contributed by atoms with E-state index in [2.05, 4.69) is 20.3 Å². The zero-order valence-electron chi connectivity index (χ0n) is 14.6. The summed E-state index contributed by atoms with van der Waals surface area (Å²) in [4.78, 5) is 27.0. The van der Waals surface area contributed by atoms with Crippen LogP contribution in [-0.4, -0.2) is 42.7 Å². The average Bonchev–Trinajstić information content (AvgIpc) is 3.27. The van der Waals surface area contributed by atoms with Crippen LogP contribution in [-0.2, 0) is 4.79 Å². The molecule has 3 rings (SSSR count). The van der Waals surface area contributed by atoms with Crippen LogP contribution in [0.25, 0.3) is 11.0 Å². The molecule has 0 unspecified atom stereocenters. The lowest BCUT2D eigenvalue weighted by Crippen LogP contribution is -2.18. The van der Waals surface area contributed by atoms with E-state index >= 15 is 0 Å². The van der Waals surface area contributed by atoms with Gasteiger partial charge in [-0.1, -0.05) is 6.42 Å². The Kier molecular flexibility index (Phi) is 5.58. The highest BCUT2D eigenvalue weighted by atomic mass is 16.7. The van der Waals surface area contributed by atoms with Gasteiger partial charge >= 0.3 is 11.7 Å². The average molecular weight is 391 g/mol. The molecule has 0 saturated heterocycles. The highest BCUT2D eigenvalue weighted by Gasteiger charge is 2.19. The van der Waals surface area contributed by atoms with E-state index in [1.54, 1.807) is 0 Å². The lowest BCUT2D eigenvalue weighted by Gasteiger charge is -2.08.